The van der Waals surface area contributed by atoms with Gasteiger partial charge in [0.1, 0.15) is 23.1 Å². The van der Waals surface area contributed by atoms with Gasteiger partial charge in [-0.15, -0.1) is 0 Å². The molecule has 1 atom stereocenters. The molecule has 1 unspecified atom stereocenters. The molecule has 0 radical (unpaired) electrons. The van der Waals surface area contributed by atoms with E-state index >= 15 is 0 Å². The summed E-state index contributed by atoms with van der Waals surface area (Å²) >= 11 is 0. The summed E-state index contributed by atoms with van der Waals surface area (Å²) in [4.78, 5) is 36.0. The normalized spacial score (nSPS) is 12.1. The van der Waals surface area contributed by atoms with Crippen molar-refractivity contribution in [2.45, 2.75) is 26.3 Å². The van der Waals surface area contributed by atoms with Gasteiger partial charge in [0, 0.05) is 24.8 Å². The van der Waals surface area contributed by atoms with Crippen LogP contribution in [0.1, 0.15) is 30.6 Å². The number of pyridine rings is 1. The maximum atomic E-state index is 11.8. The van der Waals surface area contributed by atoms with Crippen molar-refractivity contribution in [2.24, 2.45) is 17.4 Å². The number of hydrogen-bond donors (Lipinski definition) is 4. The van der Waals surface area contributed by atoms with Crippen molar-refractivity contribution in [2.75, 3.05) is 10.6 Å². The predicted molar refractivity (Wildman–Crippen MR) is 105 cm³/mol. The van der Waals surface area contributed by atoms with Gasteiger partial charge in [-0.2, -0.15) is 4.98 Å². The van der Waals surface area contributed by atoms with E-state index in [0.29, 0.717) is 12.1 Å². The molecule has 0 bridgehead atoms. The molecule has 3 aromatic rings. The van der Waals surface area contributed by atoms with Crippen LogP contribution >= 0.6 is 0 Å². The molecular weight excluding hydrogens is 360 g/mol. The van der Waals surface area contributed by atoms with E-state index < -0.39 is 17.9 Å². The number of carbonyl (C=O) groups excluding carboxylic acids is 2. The zero-order valence-corrected chi connectivity index (χ0v) is 15.6. The van der Waals surface area contributed by atoms with E-state index in [2.05, 4.69) is 25.6 Å². The molecule has 0 aliphatic heterocycles. The predicted octanol–water partition coefficient (Wildman–Crippen LogP) is 1.28. The maximum absolute atomic E-state index is 11.8. The number of amides is 2. The van der Waals surface area contributed by atoms with Crippen molar-refractivity contribution in [3.63, 3.8) is 0 Å². The van der Waals surface area contributed by atoms with Gasteiger partial charge in [-0.1, -0.05) is 13.8 Å². The zero-order valence-electron chi connectivity index (χ0n) is 15.6. The van der Waals surface area contributed by atoms with E-state index in [1.54, 1.807) is 24.7 Å². The fraction of sp³-hybridized carbons (Fsp3) is 0.278. The Hall–Kier alpha value is -3.69. The number of nitrogens with two attached hydrogens (primary N) is 2. The number of nitrogens with one attached hydrogen (secondary N) is 2. The lowest BCUT2D eigenvalue weighted by Gasteiger charge is -2.18. The van der Waals surface area contributed by atoms with Gasteiger partial charge >= 0.3 is 0 Å². The van der Waals surface area contributed by atoms with Crippen LogP contribution in [0.4, 0.5) is 17.5 Å². The molecule has 0 saturated carbocycles. The lowest BCUT2D eigenvalue weighted by atomic mass is 10.0. The lowest BCUT2D eigenvalue weighted by molar-refractivity contribution is -0.119. The van der Waals surface area contributed by atoms with Gasteiger partial charge in [0.05, 0.1) is 5.69 Å². The number of anilines is 3. The topological polar surface area (TPSA) is 153 Å². The van der Waals surface area contributed by atoms with Crippen LogP contribution in [0, 0.1) is 5.92 Å². The molecule has 0 saturated heterocycles. The van der Waals surface area contributed by atoms with Gasteiger partial charge < -0.3 is 26.5 Å². The Morgan fingerprint density at radius 3 is 2.68 bits per heavy atom. The Morgan fingerprint density at radius 1 is 1.21 bits per heavy atom. The van der Waals surface area contributed by atoms with Gasteiger partial charge in [-0.3, -0.25) is 9.59 Å². The molecule has 0 aliphatic carbocycles. The number of primary amides is 2. The molecular formula is C18H22N8O2. The Labute approximate surface area is 161 Å². The highest BCUT2D eigenvalue weighted by Crippen LogP contribution is 2.21. The van der Waals surface area contributed by atoms with E-state index in [1.165, 1.54) is 6.20 Å². The van der Waals surface area contributed by atoms with Crippen molar-refractivity contribution in [3.05, 3.63) is 42.5 Å². The third-order valence-electron chi connectivity index (χ3n) is 4.06. The first-order valence-electron chi connectivity index (χ1n) is 8.76. The van der Waals surface area contributed by atoms with E-state index in [4.69, 9.17) is 11.5 Å². The van der Waals surface area contributed by atoms with Crippen molar-refractivity contribution in [1.29, 1.82) is 0 Å². The van der Waals surface area contributed by atoms with Crippen molar-refractivity contribution in [1.82, 2.24) is 19.4 Å². The van der Waals surface area contributed by atoms with Crippen molar-refractivity contribution >= 4 is 34.9 Å². The molecule has 28 heavy (non-hydrogen) atoms. The first-order valence-corrected chi connectivity index (χ1v) is 8.76. The average molecular weight is 382 g/mol. The van der Waals surface area contributed by atoms with E-state index in [-0.39, 0.29) is 23.2 Å². The summed E-state index contributed by atoms with van der Waals surface area (Å²) in [6, 6.07) is 2.99. The second-order valence-corrected chi connectivity index (χ2v) is 6.78. The fourth-order valence-corrected chi connectivity index (χ4v) is 2.73. The molecule has 3 heterocycles. The molecule has 3 aromatic heterocycles. The SMILES string of the molecule is CC(C)CC(Nc1ncc(C(N)=O)c(Nc2ccc3nccn3c2)n1)C(N)=O. The van der Waals surface area contributed by atoms with Crippen LogP contribution in [-0.4, -0.2) is 37.2 Å². The summed E-state index contributed by atoms with van der Waals surface area (Å²) < 4.78 is 1.82. The highest BCUT2D eigenvalue weighted by atomic mass is 16.1. The van der Waals surface area contributed by atoms with Gasteiger partial charge in [-0.25, -0.2) is 9.97 Å². The van der Waals surface area contributed by atoms with E-state index in [1.807, 2.05) is 24.3 Å². The fourth-order valence-electron chi connectivity index (χ4n) is 2.73. The number of rotatable bonds is 8. The summed E-state index contributed by atoms with van der Waals surface area (Å²) in [6.07, 6.45) is 7.11. The summed E-state index contributed by atoms with van der Waals surface area (Å²) in [5.41, 5.74) is 12.5. The first kappa shape index (κ1) is 19.1. The largest absolute Gasteiger partial charge is 0.368 e. The molecule has 2 amide bonds. The quantitative estimate of drug-likeness (QED) is 0.457. The smallest absolute Gasteiger partial charge is 0.254 e. The van der Waals surface area contributed by atoms with Crippen LogP contribution in [0.15, 0.2) is 36.9 Å². The highest BCUT2D eigenvalue weighted by molar-refractivity contribution is 5.98. The Bertz CT molecular complexity index is 1010. The van der Waals surface area contributed by atoms with Crippen LogP contribution in [0.2, 0.25) is 0 Å². The van der Waals surface area contributed by atoms with Crippen LogP contribution < -0.4 is 22.1 Å². The molecule has 6 N–H and O–H groups in total. The molecule has 146 valence electrons. The second-order valence-electron chi connectivity index (χ2n) is 6.78. The number of fused-ring (bicyclic) bond motifs is 1. The minimum Gasteiger partial charge on any atom is -0.368 e. The Morgan fingerprint density at radius 2 is 2.00 bits per heavy atom. The average Bonchev–Trinajstić information content (AvgIpc) is 3.08. The monoisotopic (exact) mass is 382 g/mol. The van der Waals surface area contributed by atoms with Gasteiger partial charge in [0.15, 0.2) is 0 Å². The van der Waals surface area contributed by atoms with Gasteiger partial charge in [0.25, 0.3) is 5.91 Å². The Kier molecular flexibility index (Phi) is 5.39. The first-order chi connectivity index (χ1) is 13.3. The minimum atomic E-state index is -0.675. The second kappa shape index (κ2) is 7.91. The van der Waals surface area contributed by atoms with Gasteiger partial charge in [0.2, 0.25) is 11.9 Å². The van der Waals surface area contributed by atoms with Crippen LogP contribution in [0.25, 0.3) is 5.65 Å². The number of hydrogen-bond acceptors (Lipinski definition) is 7. The van der Waals surface area contributed by atoms with Gasteiger partial charge in [-0.05, 0) is 24.5 Å². The number of nitrogens with zero attached hydrogens (tertiary/aromatic N) is 4. The number of carbonyl (C=O) groups is 2. The number of aromatic nitrogens is 4. The Balaban J connectivity index is 1.90. The van der Waals surface area contributed by atoms with Crippen LogP contribution in [0.3, 0.4) is 0 Å². The molecule has 0 aromatic carbocycles. The molecule has 0 fully saturated rings. The summed E-state index contributed by atoms with van der Waals surface area (Å²) in [5.74, 6) is -0.546. The van der Waals surface area contributed by atoms with E-state index in [0.717, 1.165) is 5.65 Å². The summed E-state index contributed by atoms with van der Waals surface area (Å²) in [5, 5.41) is 5.99. The third kappa shape index (κ3) is 4.34. The highest BCUT2D eigenvalue weighted by Gasteiger charge is 2.19. The molecule has 0 aliphatic rings. The number of imidazole rings is 1. The maximum Gasteiger partial charge on any atom is 0.254 e. The van der Waals surface area contributed by atoms with E-state index in [9.17, 15) is 9.59 Å². The third-order valence-corrected chi connectivity index (χ3v) is 4.06. The summed E-state index contributed by atoms with van der Waals surface area (Å²) in [7, 11) is 0. The lowest BCUT2D eigenvalue weighted by Crippen LogP contribution is -2.37. The summed E-state index contributed by atoms with van der Waals surface area (Å²) in [6.45, 7) is 3.96. The standard InChI is InChI=1S/C18H22N8O2/c1-10(2)7-13(16(20)28)24-18-22-8-12(15(19)27)17(25-18)23-11-3-4-14-21-5-6-26(14)9-11/h3-6,8-10,13H,7H2,1-2H3,(H2,19,27)(H2,20,28)(H2,22,23,24,25). The van der Waals surface area contributed by atoms with Crippen molar-refractivity contribution in [3.8, 4) is 0 Å². The molecule has 0 spiro atoms. The molecule has 10 nitrogen and oxygen atoms in total. The molecule has 3 rings (SSSR count). The molecule has 10 heteroatoms. The minimum absolute atomic E-state index is 0.121. The van der Waals surface area contributed by atoms with Crippen LogP contribution in [0.5, 0.6) is 0 Å². The van der Waals surface area contributed by atoms with Crippen LogP contribution in [-0.2, 0) is 4.79 Å². The van der Waals surface area contributed by atoms with Crippen molar-refractivity contribution < 1.29 is 9.59 Å². The zero-order chi connectivity index (χ0) is 20.3.